The number of hydrogen-bond acceptors (Lipinski definition) is 6. The second-order valence-corrected chi connectivity index (χ2v) is 5.86. The van der Waals surface area contributed by atoms with Crippen LogP contribution in [0.4, 0.5) is 0 Å². The largest absolute Gasteiger partial charge is 0.480 e. The van der Waals surface area contributed by atoms with Gasteiger partial charge in [-0.1, -0.05) is 0 Å². The summed E-state index contributed by atoms with van der Waals surface area (Å²) in [4.78, 5) is 29.3. The van der Waals surface area contributed by atoms with E-state index in [9.17, 15) is 9.59 Å². The van der Waals surface area contributed by atoms with Crippen molar-refractivity contribution in [3.05, 3.63) is 16.1 Å². The van der Waals surface area contributed by atoms with Gasteiger partial charge in [0.2, 0.25) is 5.91 Å². The number of ether oxygens (including phenoxy) is 2. The van der Waals surface area contributed by atoms with E-state index in [0.29, 0.717) is 25.5 Å². The molecule has 1 N–H and O–H groups in total. The minimum atomic E-state index is -1.04. The Balaban J connectivity index is 2.00. The lowest BCUT2D eigenvalue weighted by molar-refractivity contribution is -0.158. The molecule has 0 unspecified atom stereocenters. The Hall–Kier alpha value is -1.51. The molecule has 8 heteroatoms. The fourth-order valence-corrected chi connectivity index (χ4v) is 3.10. The molecule has 1 saturated heterocycles. The summed E-state index contributed by atoms with van der Waals surface area (Å²) in [6, 6.07) is -0.915. The van der Waals surface area contributed by atoms with Crippen LogP contribution in [0.3, 0.4) is 0 Å². The quantitative estimate of drug-likeness (QED) is 0.841. The molecule has 7 nitrogen and oxygen atoms in total. The third-order valence-electron chi connectivity index (χ3n) is 3.40. The number of nitrogens with zero attached hydrogens (tertiary/aromatic N) is 2. The third kappa shape index (κ3) is 4.02. The molecule has 1 aromatic rings. The van der Waals surface area contributed by atoms with Gasteiger partial charge in [-0.25, -0.2) is 9.78 Å². The van der Waals surface area contributed by atoms with Crippen molar-refractivity contribution in [2.45, 2.75) is 32.4 Å². The van der Waals surface area contributed by atoms with E-state index in [0.717, 1.165) is 5.01 Å². The van der Waals surface area contributed by atoms with Gasteiger partial charge in [-0.3, -0.25) is 4.79 Å². The minimum absolute atomic E-state index is 0.0325. The normalized spacial score (nSPS) is 19.9. The van der Waals surface area contributed by atoms with Crippen LogP contribution in [-0.4, -0.2) is 59.3 Å². The first kappa shape index (κ1) is 16.9. The summed E-state index contributed by atoms with van der Waals surface area (Å²) in [5.41, 5.74) is 0.646. The van der Waals surface area contributed by atoms with E-state index in [1.54, 1.807) is 0 Å². The molecule has 0 spiro atoms. The number of carboxylic acids is 1. The summed E-state index contributed by atoms with van der Waals surface area (Å²) >= 11 is 1.45. The van der Waals surface area contributed by atoms with Gasteiger partial charge in [0, 0.05) is 18.5 Å². The van der Waals surface area contributed by atoms with Crippen LogP contribution in [0.5, 0.6) is 0 Å². The van der Waals surface area contributed by atoms with Crippen molar-refractivity contribution < 1.29 is 24.2 Å². The zero-order valence-corrected chi connectivity index (χ0v) is 13.5. The Kier molecular flexibility index (Phi) is 5.87. The highest BCUT2D eigenvalue weighted by Gasteiger charge is 2.32. The smallest absolute Gasteiger partial charge is 0.328 e. The van der Waals surface area contributed by atoms with Crippen molar-refractivity contribution in [2.24, 2.45) is 0 Å². The number of carbonyl (C=O) groups excluding carboxylic acids is 1. The summed E-state index contributed by atoms with van der Waals surface area (Å²) in [7, 11) is 0. The molecule has 1 aliphatic heterocycles. The number of amides is 1. The molecule has 1 aromatic heterocycles. The molecule has 122 valence electrons. The number of hydrogen-bond donors (Lipinski definition) is 1. The number of rotatable bonds is 6. The summed E-state index contributed by atoms with van der Waals surface area (Å²) in [5, 5.41) is 11.8. The number of aromatic nitrogens is 1. The zero-order valence-electron chi connectivity index (χ0n) is 12.7. The molecule has 1 fully saturated rings. The second-order valence-electron chi connectivity index (χ2n) is 4.97. The summed E-state index contributed by atoms with van der Waals surface area (Å²) in [6.45, 7) is 5.12. The SMILES string of the molecule is CCO[C@H](C)c1nc(CC(=O)N2CCOC[C@H]2C(=O)O)cs1. The van der Waals surface area contributed by atoms with Gasteiger partial charge in [0.1, 0.15) is 11.1 Å². The van der Waals surface area contributed by atoms with Gasteiger partial charge in [0.15, 0.2) is 6.04 Å². The van der Waals surface area contributed by atoms with Crippen LogP contribution in [0.2, 0.25) is 0 Å². The van der Waals surface area contributed by atoms with Crippen LogP contribution < -0.4 is 0 Å². The highest BCUT2D eigenvalue weighted by molar-refractivity contribution is 7.09. The number of aliphatic carboxylic acids is 1. The average molecular weight is 328 g/mol. The van der Waals surface area contributed by atoms with Crippen LogP contribution in [0.1, 0.15) is 30.7 Å². The molecule has 0 saturated carbocycles. The predicted molar refractivity (Wildman–Crippen MR) is 79.8 cm³/mol. The summed E-state index contributed by atoms with van der Waals surface area (Å²) in [6.07, 6.45) is -0.00642. The fraction of sp³-hybridized carbons (Fsp3) is 0.643. The number of carboxylic acid groups (broad SMARTS) is 1. The van der Waals surface area contributed by atoms with E-state index in [4.69, 9.17) is 14.6 Å². The Morgan fingerprint density at radius 2 is 2.41 bits per heavy atom. The highest BCUT2D eigenvalue weighted by atomic mass is 32.1. The maximum atomic E-state index is 12.3. The molecule has 0 bridgehead atoms. The van der Waals surface area contributed by atoms with Crippen LogP contribution in [0, 0.1) is 0 Å². The van der Waals surface area contributed by atoms with Gasteiger partial charge in [-0.05, 0) is 13.8 Å². The number of carbonyl (C=O) groups is 2. The van der Waals surface area contributed by atoms with E-state index < -0.39 is 12.0 Å². The van der Waals surface area contributed by atoms with Gasteiger partial charge >= 0.3 is 5.97 Å². The highest BCUT2D eigenvalue weighted by Crippen LogP contribution is 2.22. The molecule has 0 aromatic carbocycles. The van der Waals surface area contributed by atoms with Crippen molar-refractivity contribution in [3.63, 3.8) is 0 Å². The van der Waals surface area contributed by atoms with E-state index in [1.165, 1.54) is 16.2 Å². The van der Waals surface area contributed by atoms with Crippen LogP contribution in [-0.2, 0) is 25.5 Å². The molecule has 2 atom stereocenters. The van der Waals surface area contributed by atoms with Crippen molar-refractivity contribution in [2.75, 3.05) is 26.4 Å². The van der Waals surface area contributed by atoms with E-state index in [2.05, 4.69) is 4.98 Å². The van der Waals surface area contributed by atoms with Crippen molar-refractivity contribution >= 4 is 23.2 Å². The molecular weight excluding hydrogens is 308 g/mol. The molecule has 0 aliphatic carbocycles. The van der Waals surface area contributed by atoms with E-state index in [-0.39, 0.29) is 25.0 Å². The first-order valence-electron chi connectivity index (χ1n) is 7.18. The lowest BCUT2D eigenvalue weighted by atomic mass is 10.2. The Morgan fingerprint density at radius 1 is 1.64 bits per heavy atom. The van der Waals surface area contributed by atoms with Gasteiger partial charge in [0.05, 0.1) is 25.3 Å². The van der Waals surface area contributed by atoms with Crippen molar-refractivity contribution in [1.29, 1.82) is 0 Å². The first-order valence-corrected chi connectivity index (χ1v) is 8.06. The molecule has 0 radical (unpaired) electrons. The lowest BCUT2D eigenvalue weighted by Crippen LogP contribution is -2.53. The minimum Gasteiger partial charge on any atom is -0.480 e. The fourth-order valence-electron chi connectivity index (χ4n) is 2.28. The monoisotopic (exact) mass is 328 g/mol. The van der Waals surface area contributed by atoms with Gasteiger partial charge in [0.25, 0.3) is 0 Å². The second kappa shape index (κ2) is 7.66. The van der Waals surface area contributed by atoms with E-state index >= 15 is 0 Å². The number of thiazole rings is 1. The molecule has 2 rings (SSSR count). The van der Waals surface area contributed by atoms with Gasteiger partial charge < -0.3 is 19.5 Å². The summed E-state index contributed by atoms with van der Waals surface area (Å²) in [5.74, 6) is -1.28. The Morgan fingerprint density at radius 3 is 3.09 bits per heavy atom. The zero-order chi connectivity index (χ0) is 16.1. The third-order valence-corrected chi connectivity index (χ3v) is 4.45. The van der Waals surface area contributed by atoms with Crippen LogP contribution in [0.15, 0.2) is 5.38 Å². The molecular formula is C14H20N2O5S. The Bertz CT molecular complexity index is 533. The van der Waals surface area contributed by atoms with Crippen molar-refractivity contribution in [3.8, 4) is 0 Å². The molecule has 1 aliphatic rings. The van der Waals surface area contributed by atoms with E-state index in [1.807, 2.05) is 19.2 Å². The molecule has 2 heterocycles. The molecule has 1 amide bonds. The average Bonchev–Trinajstić information content (AvgIpc) is 2.96. The standard InChI is InChI=1S/C14H20N2O5S/c1-3-21-9(2)13-15-10(8-22-13)6-12(17)16-4-5-20-7-11(16)14(18)19/h8-9,11H,3-7H2,1-2H3,(H,18,19)/t9-,11+/m1/s1. The number of morpholine rings is 1. The predicted octanol–water partition coefficient (Wildman–Crippen LogP) is 1.10. The first-order chi connectivity index (χ1) is 10.5. The maximum Gasteiger partial charge on any atom is 0.328 e. The summed E-state index contributed by atoms with van der Waals surface area (Å²) < 4.78 is 10.6. The molecule has 22 heavy (non-hydrogen) atoms. The van der Waals surface area contributed by atoms with Gasteiger partial charge in [-0.2, -0.15) is 0 Å². The van der Waals surface area contributed by atoms with Crippen LogP contribution >= 0.6 is 11.3 Å². The van der Waals surface area contributed by atoms with Crippen molar-refractivity contribution in [1.82, 2.24) is 9.88 Å². The topological polar surface area (TPSA) is 89.0 Å². The lowest BCUT2D eigenvalue weighted by Gasteiger charge is -2.32. The van der Waals surface area contributed by atoms with Crippen LogP contribution in [0.25, 0.3) is 0 Å². The Labute approximate surface area is 132 Å². The van der Waals surface area contributed by atoms with Gasteiger partial charge in [-0.15, -0.1) is 11.3 Å². The maximum absolute atomic E-state index is 12.3.